The molecule has 0 radical (unpaired) electrons. The van der Waals surface area contributed by atoms with Crippen molar-refractivity contribution >= 4 is 33.0 Å². The Hall–Kier alpha value is -2.20. The minimum Gasteiger partial charge on any atom is -0.455 e. The Bertz CT molecular complexity index is 830. The van der Waals surface area contributed by atoms with Gasteiger partial charge >= 0.3 is 0 Å². The van der Waals surface area contributed by atoms with Crippen molar-refractivity contribution in [3.05, 3.63) is 70.5 Å². The molecule has 0 amide bonds. The van der Waals surface area contributed by atoms with Crippen molar-refractivity contribution < 1.29 is 13.9 Å². The molecular formula is C17H10BrFO2. The summed E-state index contributed by atoms with van der Waals surface area (Å²) in [6, 6.07) is 15.8. The molecule has 3 aromatic rings. The van der Waals surface area contributed by atoms with E-state index in [2.05, 4.69) is 15.9 Å². The highest BCUT2D eigenvalue weighted by Gasteiger charge is 2.12. The van der Waals surface area contributed by atoms with E-state index >= 15 is 0 Å². The largest absolute Gasteiger partial charge is 0.455 e. The lowest BCUT2D eigenvalue weighted by atomic mass is 10.1. The number of halogens is 2. The van der Waals surface area contributed by atoms with E-state index in [1.54, 1.807) is 12.1 Å². The fourth-order valence-corrected chi connectivity index (χ4v) is 2.71. The summed E-state index contributed by atoms with van der Waals surface area (Å²) in [4.78, 5) is 11.0. The monoisotopic (exact) mass is 344 g/mol. The Balaban J connectivity index is 2.09. The molecule has 0 unspecified atom stereocenters. The maximum absolute atomic E-state index is 13.6. The molecule has 3 rings (SSSR count). The minimum atomic E-state index is -0.598. The molecule has 0 aliphatic carbocycles. The molecule has 0 saturated carbocycles. The summed E-state index contributed by atoms with van der Waals surface area (Å²) in [6.07, 6.45) is 0.458. The number of fused-ring (bicyclic) bond motifs is 1. The Morgan fingerprint density at radius 3 is 2.57 bits per heavy atom. The van der Waals surface area contributed by atoms with Crippen LogP contribution in [0.15, 0.2) is 59.1 Å². The van der Waals surface area contributed by atoms with Crippen LogP contribution in [0.5, 0.6) is 11.5 Å². The molecule has 104 valence electrons. The van der Waals surface area contributed by atoms with Crippen LogP contribution in [0, 0.1) is 5.82 Å². The molecule has 2 nitrogen and oxygen atoms in total. The number of carbonyl (C=O) groups is 1. The molecule has 21 heavy (non-hydrogen) atoms. The molecule has 0 N–H and O–H groups in total. The summed E-state index contributed by atoms with van der Waals surface area (Å²) < 4.78 is 20.1. The first-order valence-electron chi connectivity index (χ1n) is 6.29. The van der Waals surface area contributed by atoms with Gasteiger partial charge in [-0.05, 0) is 44.9 Å². The van der Waals surface area contributed by atoms with E-state index in [-0.39, 0.29) is 11.3 Å². The highest BCUT2D eigenvalue weighted by molar-refractivity contribution is 9.10. The lowest BCUT2D eigenvalue weighted by Crippen LogP contribution is -1.94. The van der Waals surface area contributed by atoms with Crippen molar-refractivity contribution in [2.45, 2.75) is 0 Å². The van der Waals surface area contributed by atoms with E-state index in [4.69, 9.17) is 4.74 Å². The van der Waals surface area contributed by atoms with Gasteiger partial charge in [0.05, 0.1) is 10.0 Å². The van der Waals surface area contributed by atoms with Crippen molar-refractivity contribution in [1.82, 2.24) is 0 Å². The van der Waals surface area contributed by atoms with Crippen molar-refractivity contribution in [3.8, 4) is 11.5 Å². The molecule has 0 heterocycles. The number of hydrogen-bond donors (Lipinski definition) is 0. The standard InChI is InChI=1S/C17H10BrFO2/c18-17-12-5-2-1-4-11(12)8-9-16(17)21-15-7-3-6-14(19)13(15)10-20/h1-10H. The summed E-state index contributed by atoms with van der Waals surface area (Å²) in [7, 11) is 0. The third-order valence-electron chi connectivity index (χ3n) is 3.18. The van der Waals surface area contributed by atoms with Gasteiger partial charge in [0.2, 0.25) is 0 Å². The van der Waals surface area contributed by atoms with Gasteiger partial charge in [0.15, 0.2) is 6.29 Å². The normalized spacial score (nSPS) is 10.6. The molecule has 0 aliphatic rings. The molecular weight excluding hydrogens is 335 g/mol. The minimum absolute atomic E-state index is 0.0856. The topological polar surface area (TPSA) is 26.3 Å². The van der Waals surface area contributed by atoms with Gasteiger partial charge in [0.25, 0.3) is 0 Å². The van der Waals surface area contributed by atoms with Crippen LogP contribution < -0.4 is 4.74 Å². The van der Waals surface area contributed by atoms with E-state index in [1.165, 1.54) is 12.1 Å². The van der Waals surface area contributed by atoms with Gasteiger partial charge in [-0.25, -0.2) is 4.39 Å². The summed E-state index contributed by atoms with van der Waals surface area (Å²) in [6.45, 7) is 0. The number of aldehydes is 1. The average Bonchev–Trinajstić information content (AvgIpc) is 2.50. The predicted octanol–water partition coefficient (Wildman–Crippen LogP) is 5.35. The second kappa shape index (κ2) is 5.66. The Kier molecular flexibility index (Phi) is 3.71. The van der Waals surface area contributed by atoms with Gasteiger partial charge in [0.1, 0.15) is 17.3 Å². The fourth-order valence-electron chi connectivity index (χ4n) is 2.13. The van der Waals surface area contributed by atoms with Crippen LogP contribution in [-0.2, 0) is 0 Å². The van der Waals surface area contributed by atoms with Gasteiger partial charge in [-0.2, -0.15) is 0 Å². The molecule has 0 aromatic heterocycles. The van der Waals surface area contributed by atoms with E-state index in [0.717, 1.165) is 15.2 Å². The van der Waals surface area contributed by atoms with Crippen LogP contribution in [0.1, 0.15) is 10.4 Å². The third-order valence-corrected chi connectivity index (χ3v) is 4.00. The number of hydrogen-bond acceptors (Lipinski definition) is 2. The van der Waals surface area contributed by atoms with E-state index in [1.807, 2.05) is 30.3 Å². The van der Waals surface area contributed by atoms with Crippen molar-refractivity contribution in [2.24, 2.45) is 0 Å². The number of rotatable bonds is 3. The predicted molar refractivity (Wildman–Crippen MR) is 83.5 cm³/mol. The average molecular weight is 345 g/mol. The molecule has 3 aromatic carbocycles. The zero-order valence-corrected chi connectivity index (χ0v) is 12.4. The van der Waals surface area contributed by atoms with Crippen LogP contribution in [0.25, 0.3) is 10.8 Å². The Labute approximate surface area is 129 Å². The van der Waals surface area contributed by atoms with E-state index in [0.29, 0.717) is 12.0 Å². The SMILES string of the molecule is O=Cc1c(F)cccc1Oc1ccc2ccccc2c1Br. The van der Waals surface area contributed by atoms with Gasteiger partial charge in [-0.15, -0.1) is 0 Å². The number of ether oxygens (including phenoxy) is 1. The van der Waals surface area contributed by atoms with Crippen LogP contribution >= 0.6 is 15.9 Å². The van der Waals surface area contributed by atoms with Gasteiger partial charge in [-0.3, -0.25) is 4.79 Å². The zero-order chi connectivity index (χ0) is 14.8. The van der Waals surface area contributed by atoms with E-state index in [9.17, 15) is 9.18 Å². The number of benzene rings is 3. The first-order chi connectivity index (χ1) is 10.2. The molecule has 0 saturated heterocycles. The third kappa shape index (κ3) is 2.54. The maximum atomic E-state index is 13.6. The molecule has 0 bridgehead atoms. The van der Waals surface area contributed by atoms with Crippen LogP contribution in [0.4, 0.5) is 4.39 Å². The van der Waals surface area contributed by atoms with Crippen LogP contribution in [0.2, 0.25) is 0 Å². The molecule has 0 fully saturated rings. The van der Waals surface area contributed by atoms with E-state index < -0.39 is 5.82 Å². The molecule has 0 spiro atoms. The quantitative estimate of drug-likeness (QED) is 0.599. The van der Waals surface area contributed by atoms with Crippen LogP contribution in [-0.4, -0.2) is 6.29 Å². The zero-order valence-electron chi connectivity index (χ0n) is 10.8. The Morgan fingerprint density at radius 1 is 0.952 bits per heavy atom. The smallest absolute Gasteiger partial charge is 0.156 e. The second-order valence-electron chi connectivity index (χ2n) is 4.47. The highest BCUT2D eigenvalue weighted by atomic mass is 79.9. The molecule has 0 atom stereocenters. The van der Waals surface area contributed by atoms with Gasteiger partial charge in [-0.1, -0.05) is 36.4 Å². The second-order valence-corrected chi connectivity index (χ2v) is 5.26. The molecule has 4 heteroatoms. The first-order valence-corrected chi connectivity index (χ1v) is 7.09. The lowest BCUT2D eigenvalue weighted by molar-refractivity contribution is 0.111. The lowest BCUT2D eigenvalue weighted by Gasteiger charge is -2.11. The summed E-state index contributed by atoms with van der Waals surface area (Å²) in [5.74, 6) is 0.128. The van der Waals surface area contributed by atoms with Crippen molar-refractivity contribution in [1.29, 1.82) is 0 Å². The fraction of sp³-hybridized carbons (Fsp3) is 0. The van der Waals surface area contributed by atoms with Crippen molar-refractivity contribution in [2.75, 3.05) is 0 Å². The summed E-state index contributed by atoms with van der Waals surface area (Å²) in [5, 5.41) is 2.05. The first kappa shape index (κ1) is 13.8. The number of carbonyl (C=O) groups excluding carboxylic acids is 1. The van der Waals surface area contributed by atoms with Crippen molar-refractivity contribution in [3.63, 3.8) is 0 Å². The van der Waals surface area contributed by atoms with Gasteiger partial charge in [0, 0.05) is 0 Å². The summed E-state index contributed by atoms with van der Waals surface area (Å²) in [5.41, 5.74) is -0.0856. The summed E-state index contributed by atoms with van der Waals surface area (Å²) >= 11 is 3.50. The van der Waals surface area contributed by atoms with Gasteiger partial charge < -0.3 is 4.74 Å². The maximum Gasteiger partial charge on any atom is 0.156 e. The molecule has 0 aliphatic heterocycles. The Morgan fingerprint density at radius 2 is 1.76 bits per heavy atom. The highest BCUT2D eigenvalue weighted by Crippen LogP contribution is 2.36. The van der Waals surface area contributed by atoms with Crippen LogP contribution in [0.3, 0.4) is 0 Å².